The SMILES string of the molecule is CN=C(NCCCNC(=O)c1occc1C)NC1CCN(Cc2ccccc2)C(C)C1. The van der Waals surface area contributed by atoms with E-state index in [1.54, 1.807) is 13.1 Å². The molecule has 31 heavy (non-hydrogen) atoms. The summed E-state index contributed by atoms with van der Waals surface area (Å²) in [5.74, 6) is 1.04. The van der Waals surface area contributed by atoms with E-state index in [0.717, 1.165) is 50.4 Å². The Morgan fingerprint density at radius 1 is 1.19 bits per heavy atom. The van der Waals surface area contributed by atoms with Gasteiger partial charge < -0.3 is 20.4 Å². The van der Waals surface area contributed by atoms with Crippen LogP contribution in [-0.2, 0) is 6.54 Å². The van der Waals surface area contributed by atoms with Gasteiger partial charge >= 0.3 is 0 Å². The molecule has 7 heteroatoms. The monoisotopic (exact) mass is 425 g/mol. The van der Waals surface area contributed by atoms with Crippen LogP contribution in [0.5, 0.6) is 0 Å². The molecule has 168 valence electrons. The number of rotatable bonds is 8. The zero-order valence-corrected chi connectivity index (χ0v) is 18.9. The van der Waals surface area contributed by atoms with E-state index in [2.05, 4.69) is 63.1 Å². The smallest absolute Gasteiger partial charge is 0.287 e. The molecule has 0 saturated carbocycles. The first-order valence-corrected chi connectivity index (χ1v) is 11.1. The Morgan fingerprint density at radius 3 is 2.65 bits per heavy atom. The second-order valence-electron chi connectivity index (χ2n) is 8.21. The van der Waals surface area contributed by atoms with Crippen LogP contribution in [0.25, 0.3) is 0 Å². The van der Waals surface area contributed by atoms with Crippen LogP contribution in [0.3, 0.4) is 0 Å². The van der Waals surface area contributed by atoms with Gasteiger partial charge in [-0.05, 0) is 44.7 Å². The number of aliphatic imine (C=N–C) groups is 1. The lowest BCUT2D eigenvalue weighted by atomic mass is 9.97. The van der Waals surface area contributed by atoms with E-state index in [-0.39, 0.29) is 5.91 Å². The number of carbonyl (C=O) groups excluding carboxylic acids is 1. The van der Waals surface area contributed by atoms with Crippen molar-refractivity contribution in [3.8, 4) is 0 Å². The third-order valence-corrected chi connectivity index (χ3v) is 5.81. The maximum absolute atomic E-state index is 12.0. The normalized spacial score (nSPS) is 19.8. The quantitative estimate of drug-likeness (QED) is 0.344. The van der Waals surface area contributed by atoms with Gasteiger partial charge in [-0.2, -0.15) is 0 Å². The van der Waals surface area contributed by atoms with E-state index >= 15 is 0 Å². The van der Waals surface area contributed by atoms with Crippen molar-refractivity contribution in [3.63, 3.8) is 0 Å². The molecule has 0 radical (unpaired) electrons. The number of amides is 1. The molecular formula is C24H35N5O2. The number of hydrogen-bond donors (Lipinski definition) is 3. The summed E-state index contributed by atoms with van der Waals surface area (Å²) in [6, 6.07) is 13.4. The molecule has 3 N–H and O–H groups in total. The van der Waals surface area contributed by atoms with Crippen molar-refractivity contribution >= 4 is 11.9 Å². The van der Waals surface area contributed by atoms with Gasteiger partial charge in [0.15, 0.2) is 11.7 Å². The summed E-state index contributed by atoms with van der Waals surface area (Å²) in [6.45, 7) is 7.56. The average Bonchev–Trinajstić information content (AvgIpc) is 3.21. The van der Waals surface area contributed by atoms with E-state index in [1.165, 1.54) is 11.8 Å². The van der Waals surface area contributed by atoms with Gasteiger partial charge in [-0.1, -0.05) is 30.3 Å². The maximum Gasteiger partial charge on any atom is 0.287 e. The van der Waals surface area contributed by atoms with Crippen molar-refractivity contribution in [2.75, 3.05) is 26.7 Å². The Balaban J connectivity index is 1.34. The highest BCUT2D eigenvalue weighted by molar-refractivity contribution is 5.92. The molecule has 0 spiro atoms. The molecule has 1 amide bonds. The summed E-state index contributed by atoms with van der Waals surface area (Å²) < 4.78 is 5.21. The lowest BCUT2D eigenvalue weighted by Gasteiger charge is -2.38. The van der Waals surface area contributed by atoms with Crippen LogP contribution >= 0.6 is 0 Å². The van der Waals surface area contributed by atoms with Crippen LogP contribution in [0.2, 0.25) is 0 Å². The molecule has 2 unspecified atom stereocenters. The molecule has 1 aromatic carbocycles. The second kappa shape index (κ2) is 11.6. The number of hydrogen-bond acceptors (Lipinski definition) is 4. The molecule has 0 aliphatic carbocycles. The first kappa shape index (κ1) is 22.9. The van der Waals surface area contributed by atoms with Gasteiger partial charge in [0.25, 0.3) is 5.91 Å². The summed E-state index contributed by atoms with van der Waals surface area (Å²) in [5, 5.41) is 9.80. The number of nitrogens with one attached hydrogen (secondary N) is 3. The van der Waals surface area contributed by atoms with Crippen LogP contribution in [0.4, 0.5) is 0 Å². The predicted octanol–water partition coefficient (Wildman–Crippen LogP) is 2.93. The molecule has 1 aliphatic heterocycles. The van der Waals surface area contributed by atoms with Crippen molar-refractivity contribution in [3.05, 3.63) is 59.5 Å². The lowest BCUT2D eigenvalue weighted by Crippen LogP contribution is -2.51. The highest BCUT2D eigenvalue weighted by Crippen LogP contribution is 2.19. The highest BCUT2D eigenvalue weighted by Gasteiger charge is 2.25. The predicted molar refractivity (Wildman–Crippen MR) is 124 cm³/mol. The van der Waals surface area contributed by atoms with Crippen molar-refractivity contribution in [2.45, 2.75) is 51.7 Å². The minimum Gasteiger partial charge on any atom is -0.459 e. The third kappa shape index (κ3) is 6.85. The Bertz CT molecular complexity index is 849. The summed E-state index contributed by atoms with van der Waals surface area (Å²) >= 11 is 0. The first-order valence-electron chi connectivity index (χ1n) is 11.1. The third-order valence-electron chi connectivity index (χ3n) is 5.81. The summed E-state index contributed by atoms with van der Waals surface area (Å²) in [7, 11) is 1.80. The number of nitrogens with zero attached hydrogens (tertiary/aromatic N) is 2. The van der Waals surface area contributed by atoms with E-state index in [0.29, 0.717) is 24.4 Å². The summed E-state index contributed by atoms with van der Waals surface area (Å²) in [4.78, 5) is 19.0. The Morgan fingerprint density at radius 2 is 1.97 bits per heavy atom. The Hall–Kier alpha value is -2.80. The number of aryl methyl sites for hydroxylation is 1. The number of piperidine rings is 1. The average molecular weight is 426 g/mol. The van der Waals surface area contributed by atoms with Crippen LogP contribution in [0, 0.1) is 6.92 Å². The van der Waals surface area contributed by atoms with Gasteiger partial charge in [0.2, 0.25) is 0 Å². The molecule has 1 aliphatic rings. The zero-order chi connectivity index (χ0) is 22.1. The van der Waals surface area contributed by atoms with Gasteiger partial charge in [0.1, 0.15) is 0 Å². The highest BCUT2D eigenvalue weighted by atomic mass is 16.3. The van der Waals surface area contributed by atoms with E-state index in [4.69, 9.17) is 4.42 Å². The number of benzene rings is 1. The Kier molecular flexibility index (Phi) is 8.53. The van der Waals surface area contributed by atoms with E-state index < -0.39 is 0 Å². The van der Waals surface area contributed by atoms with Crippen LogP contribution in [0.15, 0.2) is 52.1 Å². The van der Waals surface area contributed by atoms with Crippen molar-refractivity contribution in [1.82, 2.24) is 20.9 Å². The van der Waals surface area contributed by atoms with Crippen molar-refractivity contribution in [2.24, 2.45) is 4.99 Å². The molecule has 2 atom stereocenters. The van der Waals surface area contributed by atoms with Gasteiger partial charge in [-0.25, -0.2) is 0 Å². The molecular weight excluding hydrogens is 390 g/mol. The molecule has 1 fully saturated rings. The molecule has 2 aromatic rings. The topological polar surface area (TPSA) is 81.9 Å². The molecule has 1 saturated heterocycles. The van der Waals surface area contributed by atoms with Crippen molar-refractivity contribution in [1.29, 1.82) is 0 Å². The number of furan rings is 1. The molecule has 7 nitrogen and oxygen atoms in total. The number of carbonyl (C=O) groups is 1. The minimum atomic E-state index is -0.166. The van der Waals surface area contributed by atoms with Crippen LogP contribution in [-0.4, -0.2) is 55.5 Å². The van der Waals surface area contributed by atoms with Crippen LogP contribution in [0.1, 0.15) is 47.9 Å². The van der Waals surface area contributed by atoms with E-state index in [9.17, 15) is 4.79 Å². The second-order valence-corrected chi connectivity index (χ2v) is 8.21. The van der Waals surface area contributed by atoms with Crippen molar-refractivity contribution < 1.29 is 9.21 Å². The number of likely N-dealkylation sites (tertiary alicyclic amines) is 1. The molecule has 2 heterocycles. The minimum absolute atomic E-state index is 0.166. The fourth-order valence-electron chi connectivity index (χ4n) is 3.98. The standard InChI is InChI=1S/C24H35N5O2/c1-18-11-15-31-22(18)23(30)26-12-7-13-27-24(25-3)28-21-10-14-29(19(2)16-21)17-20-8-5-4-6-9-20/h4-6,8-9,11,15,19,21H,7,10,12-14,16-17H2,1-3H3,(H,26,30)(H2,25,27,28). The largest absolute Gasteiger partial charge is 0.459 e. The van der Waals surface area contributed by atoms with Gasteiger partial charge in [-0.15, -0.1) is 0 Å². The molecule has 0 bridgehead atoms. The fraction of sp³-hybridized carbons (Fsp3) is 0.500. The van der Waals surface area contributed by atoms with Crippen LogP contribution < -0.4 is 16.0 Å². The lowest BCUT2D eigenvalue weighted by molar-refractivity contribution is 0.0925. The fourth-order valence-corrected chi connectivity index (χ4v) is 3.98. The van der Waals surface area contributed by atoms with Gasteiger partial charge in [-0.3, -0.25) is 14.7 Å². The van der Waals surface area contributed by atoms with Gasteiger partial charge in [0.05, 0.1) is 6.26 Å². The van der Waals surface area contributed by atoms with Gasteiger partial charge in [0, 0.05) is 50.9 Å². The number of guanidine groups is 1. The Labute approximate surface area is 185 Å². The molecule has 1 aromatic heterocycles. The molecule has 3 rings (SSSR count). The van der Waals surface area contributed by atoms with E-state index in [1.807, 2.05) is 6.92 Å². The first-order chi connectivity index (χ1) is 15.1. The summed E-state index contributed by atoms with van der Waals surface area (Å²) in [6.07, 6.45) is 4.52. The maximum atomic E-state index is 12.0. The zero-order valence-electron chi connectivity index (χ0n) is 18.9. The summed E-state index contributed by atoms with van der Waals surface area (Å²) in [5.41, 5.74) is 2.22.